The normalized spacial score (nSPS) is 28.4. The van der Waals surface area contributed by atoms with Crippen molar-refractivity contribution in [3.63, 3.8) is 0 Å². The van der Waals surface area contributed by atoms with Crippen molar-refractivity contribution < 1.29 is 13.2 Å². The molecule has 0 bridgehead atoms. The Morgan fingerprint density at radius 1 is 1.32 bits per heavy atom. The van der Waals surface area contributed by atoms with Crippen LogP contribution < -0.4 is 10.9 Å². The first-order valence-corrected chi connectivity index (χ1v) is 7.85. The zero-order chi connectivity index (χ0) is 14.3. The minimum atomic E-state index is -3.94. The van der Waals surface area contributed by atoms with Crippen LogP contribution in [-0.2, 0) is 20.4 Å². The average molecular weight is 303 g/mol. The Labute approximate surface area is 117 Å². The molecule has 0 saturated heterocycles. The van der Waals surface area contributed by atoms with Crippen LogP contribution in [0.3, 0.4) is 0 Å². The number of nitrogens with two attached hydrogens (primary N) is 2. The van der Waals surface area contributed by atoms with E-state index in [2.05, 4.69) is 0 Å². The summed E-state index contributed by atoms with van der Waals surface area (Å²) in [5, 5.41) is 4.21. The number of benzene rings is 1. The number of primary sulfonamides is 1. The maximum atomic E-state index is 12.4. The molecule has 2 unspecified atom stereocenters. The molecule has 0 amide bonds. The minimum Gasteiger partial charge on any atom is -0.315 e. The number of rotatable bonds is 2. The maximum absolute atomic E-state index is 12.4. The van der Waals surface area contributed by atoms with E-state index in [1.54, 1.807) is 24.3 Å². The van der Waals surface area contributed by atoms with Gasteiger partial charge in [0.15, 0.2) is 5.78 Å². The monoisotopic (exact) mass is 302 g/mol. The van der Waals surface area contributed by atoms with E-state index in [0.29, 0.717) is 23.4 Å². The van der Waals surface area contributed by atoms with E-state index < -0.39 is 26.6 Å². The van der Waals surface area contributed by atoms with Crippen molar-refractivity contribution in [3.8, 4) is 0 Å². The van der Waals surface area contributed by atoms with Gasteiger partial charge in [0.25, 0.3) is 0 Å². The van der Waals surface area contributed by atoms with Gasteiger partial charge in [-0.25, -0.2) is 13.6 Å². The smallest absolute Gasteiger partial charge is 0.219 e. The molecule has 1 aromatic carbocycles. The quantitative estimate of drug-likeness (QED) is 0.847. The Kier molecular flexibility index (Phi) is 3.70. The molecule has 5 nitrogen and oxygen atoms in total. The van der Waals surface area contributed by atoms with Crippen LogP contribution in [0.5, 0.6) is 0 Å². The molecule has 2 atom stereocenters. The Morgan fingerprint density at radius 3 is 2.53 bits per heavy atom. The molecule has 2 rings (SSSR count). The molecule has 1 aliphatic rings. The first kappa shape index (κ1) is 14.5. The molecule has 0 aromatic heterocycles. The predicted molar refractivity (Wildman–Crippen MR) is 73.1 cm³/mol. The summed E-state index contributed by atoms with van der Waals surface area (Å²) in [6.45, 7) is 0. The fourth-order valence-corrected chi connectivity index (χ4v) is 3.82. The lowest BCUT2D eigenvalue weighted by atomic mass is 9.76. The molecule has 1 aromatic rings. The van der Waals surface area contributed by atoms with Crippen LogP contribution in [0.1, 0.15) is 24.8 Å². The van der Waals surface area contributed by atoms with Crippen LogP contribution in [0, 0.1) is 0 Å². The van der Waals surface area contributed by atoms with Crippen LogP contribution >= 0.6 is 11.6 Å². The van der Waals surface area contributed by atoms with E-state index in [9.17, 15) is 13.2 Å². The van der Waals surface area contributed by atoms with E-state index in [0.717, 1.165) is 0 Å². The molecule has 0 spiro atoms. The second kappa shape index (κ2) is 4.86. The molecular weight excluding hydrogens is 288 g/mol. The van der Waals surface area contributed by atoms with Crippen molar-refractivity contribution in [2.75, 3.05) is 0 Å². The summed E-state index contributed by atoms with van der Waals surface area (Å²) in [4.78, 5) is 12.4. The summed E-state index contributed by atoms with van der Waals surface area (Å²) in [5.41, 5.74) is 5.23. The third-order valence-electron chi connectivity index (χ3n) is 3.52. The van der Waals surface area contributed by atoms with Crippen molar-refractivity contribution in [1.29, 1.82) is 0 Å². The van der Waals surface area contributed by atoms with Crippen LogP contribution in [0.4, 0.5) is 0 Å². The van der Waals surface area contributed by atoms with Crippen molar-refractivity contribution >= 4 is 27.4 Å². The van der Waals surface area contributed by atoms with Gasteiger partial charge in [-0.2, -0.15) is 0 Å². The Morgan fingerprint density at radius 2 is 1.95 bits per heavy atom. The standard InChI is InChI=1S/C12H15ClN2O3S/c13-9-5-2-1-4-8(9)12(14)7-3-6-10(11(12)16)19(15,17)18/h1-2,4-5,10H,3,6-7,14H2,(H2,15,17,18). The fraction of sp³-hybridized carbons (Fsp3) is 0.417. The van der Waals surface area contributed by atoms with Crippen molar-refractivity contribution in [3.05, 3.63) is 34.9 Å². The van der Waals surface area contributed by atoms with Crippen LogP contribution in [0.2, 0.25) is 5.02 Å². The second-order valence-electron chi connectivity index (χ2n) is 4.79. The molecule has 0 aliphatic heterocycles. The first-order valence-electron chi connectivity index (χ1n) is 5.86. The minimum absolute atomic E-state index is 0.209. The molecular formula is C12H15ClN2O3S. The van der Waals surface area contributed by atoms with Gasteiger partial charge < -0.3 is 5.73 Å². The average Bonchev–Trinajstić information content (AvgIpc) is 2.32. The zero-order valence-corrected chi connectivity index (χ0v) is 11.7. The van der Waals surface area contributed by atoms with Gasteiger partial charge in [-0.3, -0.25) is 4.79 Å². The zero-order valence-electron chi connectivity index (χ0n) is 10.2. The number of halogens is 1. The van der Waals surface area contributed by atoms with Gasteiger partial charge in [0, 0.05) is 5.02 Å². The first-order chi connectivity index (χ1) is 8.77. The highest BCUT2D eigenvalue weighted by Gasteiger charge is 2.47. The third kappa shape index (κ3) is 2.53. The summed E-state index contributed by atoms with van der Waals surface area (Å²) in [6.07, 6.45) is 1.08. The summed E-state index contributed by atoms with van der Waals surface area (Å²) in [5.74, 6) is -0.575. The number of sulfonamides is 1. The van der Waals surface area contributed by atoms with Gasteiger partial charge in [0.2, 0.25) is 10.0 Å². The van der Waals surface area contributed by atoms with Crippen LogP contribution in [0.15, 0.2) is 24.3 Å². The molecule has 0 radical (unpaired) electrons. The highest BCUT2D eigenvalue weighted by atomic mass is 35.5. The van der Waals surface area contributed by atoms with Crippen molar-refractivity contribution in [1.82, 2.24) is 0 Å². The van der Waals surface area contributed by atoms with E-state index in [4.69, 9.17) is 22.5 Å². The molecule has 19 heavy (non-hydrogen) atoms. The van der Waals surface area contributed by atoms with Gasteiger partial charge in [0.05, 0.1) is 0 Å². The highest BCUT2D eigenvalue weighted by Crippen LogP contribution is 2.37. The van der Waals surface area contributed by atoms with Gasteiger partial charge in [0.1, 0.15) is 10.8 Å². The Hall–Kier alpha value is -0.950. The fourth-order valence-electron chi connectivity index (χ4n) is 2.51. The van der Waals surface area contributed by atoms with Gasteiger partial charge in [-0.1, -0.05) is 29.8 Å². The summed E-state index contributed by atoms with van der Waals surface area (Å²) in [7, 11) is -3.94. The lowest BCUT2D eigenvalue weighted by Gasteiger charge is -2.36. The maximum Gasteiger partial charge on any atom is 0.219 e. The SMILES string of the molecule is NC1(c2ccccc2Cl)CCCC(S(N)(=O)=O)C1=O. The summed E-state index contributed by atoms with van der Waals surface area (Å²) < 4.78 is 22.9. The lowest BCUT2D eigenvalue weighted by Crippen LogP contribution is -2.56. The molecule has 1 aliphatic carbocycles. The lowest BCUT2D eigenvalue weighted by molar-refractivity contribution is -0.126. The molecule has 4 N–H and O–H groups in total. The predicted octanol–water partition coefficient (Wildman–Crippen LogP) is 0.904. The molecule has 0 heterocycles. The van der Waals surface area contributed by atoms with E-state index >= 15 is 0 Å². The number of hydrogen-bond donors (Lipinski definition) is 2. The molecule has 104 valence electrons. The van der Waals surface area contributed by atoms with Gasteiger partial charge in [-0.05, 0) is 30.9 Å². The van der Waals surface area contributed by atoms with Crippen molar-refractivity contribution in [2.24, 2.45) is 10.9 Å². The van der Waals surface area contributed by atoms with E-state index in [-0.39, 0.29) is 6.42 Å². The number of carbonyl (C=O) groups is 1. The topological polar surface area (TPSA) is 103 Å². The number of hydrogen-bond acceptors (Lipinski definition) is 4. The van der Waals surface area contributed by atoms with E-state index in [1.807, 2.05) is 0 Å². The summed E-state index contributed by atoms with van der Waals surface area (Å²) in [6, 6.07) is 6.70. The van der Waals surface area contributed by atoms with Gasteiger partial charge >= 0.3 is 0 Å². The largest absolute Gasteiger partial charge is 0.315 e. The summed E-state index contributed by atoms with van der Waals surface area (Å²) >= 11 is 6.06. The van der Waals surface area contributed by atoms with Crippen molar-refractivity contribution in [2.45, 2.75) is 30.1 Å². The second-order valence-corrected chi connectivity index (χ2v) is 6.94. The van der Waals surface area contributed by atoms with Crippen LogP contribution in [-0.4, -0.2) is 19.5 Å². The number of ketones is 1. The number of Topliss-reactive ketones (excluding diaryl/α,β-unsaturated/α-hetero) is 1. The highest BCUT2D eigenvalue weighted by molar-refractivity contribution is 7.90. The molecule has 1 saturated carbocycles. The third-order valence-corrected chi connectivity index (χ3v) is 5.09. The molecule has 7 heteroatoms. The van der Waals surface area contributed by atoms with Crippen LogP contribution in [0.25, 0.3) is 0 Å². The van der Waals surface area contributed by atoms with E-state index in [1.165, 1.54) is 0 Å². The Bertz CT molecular complexity index is 617. The van der Waals surface area contributed by atoms with Gasteiger partial charge in [-0.15, -0.1) is 0 Å². The Balaban J connectivity index is 2.49. The number of carbonyl (C=O) groups excluding carboxylic acids is 1. The molecule has 1 fully saturated rings.